The van der Waals surface area contributed by atoms with E-state index < -0.39 is 14.9 Å². The number of hydrogen-bond acceptors (Lipinski definition) is 5. The average Bonchev–Trinajstić information content (AvgIpc) is 2.93. The molecule has 0 radical (unpaired) electrons. The van der Waals surface area contributed by atoms with Gasteiger partial charge in [0.1, 0.15) is 6.07 Å². The summed E-state index contributed by atoms with van der Waals surface area (Å²) in [4.78, 5) is 17.9. The molecule has 7 heteroatoms. The quantitative estimate of drug-likeness (QED) is 0.581. The molecule has 0 atom stereocenters. The van der Waals surface area contributed by atoms with Crippen LogP contribution in [0.25, 0.3) is 16.7 Å². The van der Waals surface area contributed by atoms with E-state index >= 15 is 0 Å². The molecule has 0 aliphatic carbocycles. The molecular formula is C21H28N4O2S. The lowest BCUT2D eigenvalue weighted by molar-refractivity contribution is -0.119. The number of ketones is 1. The van der Waals surface area contributed by atoms with E-state index in [1.54, 1.807) is 29.5 Å². The lowest BCUT2D eigenvalue weighted by Gasteiger charge is -2.24. The van der Waals surface area contributed by atoms with E-state index in [9.17, 15) is 9.00 Å². The summed E-state index contributed by atoms with van der Waals surface area (Å²) in [5.74, 6) is -0.185. The first kappa shape index (κ1) is 21.8. The molecule has 0 aromatic carbocycles. The monoisotopic (exact) mass is 400 g/mol. The summed E-state index contributed by atoms with van der Waals surface area (Å²) in [5, 5.41) is 14.2. The molecule has 0 fully saturated rings. The zero-order valence-corrected chi connectivity index (χ0v) is 18.6. The Hall–Kier alpha value is -2.46. The van der Waals surface area contributed by atoms with Crippen molar-refractivity contribution >= 4 is 36.9 Å². The molecule has 0 amide bonds. The fraction of sp³-hybridized carbons (Fsp3) is 0.476. The molecule has 0 unspecified atom stereocenters. The molecule has 0 N–H and O–H groups in total. The van der Waals surface area contributed by atoms with E-state index in [0.717, 1.165) is 0 Å². The van der Waals surface area contributed by atoms with Crippen LogP contribution in [0.1, 0.15) is 47.1 Å². The molecule has 2 heterocycles. The molecule has 0 aliphatic rings. The lowest BCUT2D eigenvalue weighted by Crippen LogP contribution is -2.35. The molecule has 0 saturated carbocycles. The molecule has 2 aromatic rings. The van der Waals surface area contributed by atoms with E-state index in [2.05, 4.69) is 16.2 Å². The number of pyridine rings is 1. The minimum absolute atomic E-state index is 0.185. The van der Waals surface area contributed by atoms with Gasteiger partial charge in [0.2, 0.25) is 0 Å². The zero-order valence-electron chi connectivity index (χ0n) is 17.8. The molecule has 0 bridgehead atoms. The smallest absolute Gasteiger partial charge is 0.178 e. The van der Waals surface area contributed by atoms with Crippen LogP contribution in [0.2, 0.25) is 0 Å². The normalized spacial score (nSPS) is 13.5. The summed E-state index contributed by atoms with van der Waals surface area (Å²) >= 11 is 0. The summed E-state index contributed by atoms with van der Waals surface area (Å²) < 4.78 is 14.8. The van der Waals surface area contributed by atoms with Gasteiger partial charge in [-0.2, -0.15) is 10.4 Å². The minimum atomic E-state index is -2.62. The first-order chi connectivity index (χ1) is 12.6. The fourth-order valence-corrected chi connectivity index (χ4v) is 4.13. The maximum atomic E-state index is 13.3. The SMILES string of the molecule is CC(C)(C)/C=C(\C(C(=O)C(C)(C)C)=S(C)(C)=O)n1ncc2cc(C#N)cnc21. The number of fused-ring (bicyclic) bond motifs is 1. The molecule has 150 valence electrons. The van der Waals surface area contributed by atoms with Gasteiger partial charge in [0.15, 0.2) is 11.4 Å². The van der Waals surface area contributed by atoms with E-state index in [4.69, 9.17) is 5.26 Å². The Kier molecular flexibility index (Phi) is 5.59. The molecule has 0 aliphatic heterocycles. The zero-order chi connectivity index (χ0) is 21.5. The van der Waals surface area contributed by atoms with Crippen molar-refractivity contribution in [1.29, 1.82) is 5.26 Å². The van der Waals surface area contributed by atoms with Crippen LogP contribution >= 0.6 is 0 Å². The van der Waals surface area contributed by atoms with Gasteiger partial charge in [-0.1, -0.05) is 47.6 Å². The Morgan fingerprint density at radius 1 is 1.18 bits per heavy atom. The number of Topliss-reactive ketones (excluding diaryl/α,β-unsaturated/α-hetero) is 1. The highest BCUT2D eigenvalue weighted by Gasteiger charge is 2.33. The Morgan fingerprint density at radius 3 is 2.25 bits per heavy atom. The highest BCUT2D eigenvalue weighted by atomic mass is 32.2. The van der Waals surface area contributed by atoms with E-state index in [1.165, 1.54) is 6.20 Å². The number of hydrogen-bond donors (Lipinski definition) is 0. The number of allylic oxidation sites excluding steroid dienone is 2. The Balaban J connectivity index is 2.93. The summed E-state index contributed by atoms with van der Waals surface area (Å²) in [6.45, 7) is 11.5. The summed E-state index contributed by atoms with van der Waals surface area (Å²) in [6, 6.07) is 3.76. The topological polar surface area (TPSA) is 88.6 Å². The number of rotatable bonds is 3. The highest BCUT2D eigenvalue weighted by Crippen LogP contribution is 2.28. The second-order valence-electron chi connectivity index (χ2n) is 9.34. The van der Waals surface area contributed by atoms with Crippen molar-refractivity contribution in [2.45, 2.75) is 41.5 Å². The number of nitrogens with zero attached hydrogens (tertiary/aromatic N) is 4. The van der Waals surface area contributed by atoms with Gasteiger partial charge in [-0.05, 0) is 21.0 Å². The van der Waals surface area contributed by atoms with Crippen molar-refractivity contribution in [1.82, 2.24) is 14.8 Å². The molecule has 2 rings (SSSR count). The largest absolute Gasteiger partial charge is 0.293 e. The van der Waals surface area contributed by atoms with Gasteiger partial charge in [0.05, 0.1) is 22.3 Å². The van der Waals surface area contributed by atoms with Gasteiger partial charge >= 0.3 is 0 Å². The van der Waals surface area contributed by atoms with E-state index in [-0.39, 0.29) is 16.1 Å². The number of aromatic nitrogens is 3. The van der Waals surface area contributed by atoms with Gasteiger partial charge in [0, 0.05) is 29.5 Å². The van der Waals surface area contributed by atoms with Crippen molar-refractivity contribution in [2.24, 2.45) is 10.8 Å². The molecule has 0 spiro atoms. The minimum Gasteiger partial charge on any atom is -0.293 e. The Labute approximate surface area is 167 Å². The Bertz CT molecular complexity index is 1120. The van der Waals surface area contributed by atoms with E-state index in [0.29, 0.717) is 22.3 Å². The summed E-state index contributed by atoms with van der Waals surface area (Å²) in [7, 11) is -2.62. The average molecular weight is 401 g/mol. The van der Waals surface area contributed by atoms with Crippen LogP contribution in [-0.4, -0.2) is 42.1 Å². The van der Waals surface area contributed by atoms with Crippen LogP contribution in [0.3, 0.4) is 0 Å². The second kappa shape index (κ2) is 7.17. The van der Waals surface area contributed by atoms with E-state index in [1.807, 2.05) is 47.6 Å². The van der Waals surface area contributed by atoms with Crippen LogP contribution in [0.4, 0.5) is 0 Å². The second-order valence-corrected chi connectivity index (χ2v) is 12.2. The number of carbonyl (C=O) groups is 1. The van der Waals surface area contributed by atoms with Crippen LogP contribution < -0.4 is 0 Å². The maximum Gasteiger partial charge on any atom is 0.178 e. The molecule has 2 aromatic heterocycles. The van der Waals surface area contributed by atoms with Gasteiger partial charge in [-0.25, -0.2) is 9.67 Å². The lowest BCUT2D eigenvalue weighted by atomic mass is 9.86. The number of carbonyl (C=O) groups excluding carboxylic acids is 1. The van der Waals surface area contributed by atoms with Crippen molar-refractivity contribution < 1.29 is 9.00 Å². The van der Waals surface area contributed by atoms with Crippen molar-refractivity contribution in [2.75, 3.05) is 12.5 Å². The van der Waals surface area contributed by atoms with Gasteiger partial charge in [-0.3, -0.25) is 9.00 Å². The van der Waals surface area contributed by atoms with Crippen molar-refractivity contribution in [3.63, 3.8) is 0 Å². The molecule has 0 saturated heterocycles. The summed E-state index contributed by atoms with van der Waals surface area (Å²) in [6.07, 6.45) is 8.14. The predicted octanol–water partition coefficient (Wildman–Crippen LogP) is 3.52. The first-order valence-electron chi connectivity index (χ1n) is 8.98. The highest BCUT2D eigenvalue weighted by molar-refractivity contribution is 8.03. The third kappa shape index (κ3) is 4.68. The van der Waals surface area contributed by atoms with Gasteiger partial charge in [0.25, 0.3) is 0 Å². The predicted molar refractivity (Wildman–Crippen MR) is 115 cm³/mol. The third-order valence-electron chi connectivity index (χ3n) is 3.95. The maximum absolute atomic E-state index is 13.3. The molecular weight excluding hydrogens is 372 g/mol. The van der Waals surface area contributed by atoms with Crippen LogP contribution in [0.5, 0.6) is 0 Å². The molecule has 6 nitrogen and oxygen atoms in total. The van der Waals surface area contributed by atoms with Crippen LogP contribution in [0.15, 0.2) is 24.5 Å². The third-order valence-corrected chi connectivity index (χ3v) is 5.32. The standard InChI is InChI=1S/C21H28N4O2S/c1-20(2,3)10-16(17(28(7,8)27)18(26)21(4,5)6)25-19-15(13-24-25)9-14(11-22)12-23-19/h9-10,12-13H,1-8H3/b16-10+. The van der Waals surface area contributed by atoms with Gasteiger partial charge in [-0.15, -0.1) is 0 Å². The first-order valence-corrected chi connectivity index (χ1v) is 11.4. The number of nitriles is 1. The van der Waals surface area contributed by atoms with Crippen molar-refractivity contribution in [3.05, 3.63) is 30.1 Å². The van der Waals surface area contributed by atoms with Crippen molar-refractivity contribution in [3.8, 4) is 6.07 Å². The fourth-order valence-electron chi connectivity index (χ4n) is 2.72. The molecule has 28 heavy (non-hydrogen) atoms. The van der Waals surface area contributed by atoms with Crippen LogP contribution in [0, 0.1) is 22.2 Å². The van der Waals surface area contributed by atoms with Crippen LogP contribution in [-0.2, 0) is 14.3 Å². The summed E-state index contributed by atoms with van der Waals surface area (Å²) in [5.41, 5.74) is 0.421. The van der Waals surface area contributed by atoms with Gasteiger partial charge < -0.3 is 0 Å². The Morgan fingerprint density at radius 2 is 1.79 bits per heavy atom.